The Morgan fingerprint density at radius 3 is 2.32 bits per heavy atom. The molecule has 0 unspecified atom stereocenters. The average Bonchev–Trinajstić information content (AvgIpc) is 3.13. The number of hydrogen-bond donors (Lipinski definition) is 1. The first-order valence-corrected chi connectivity index (χ1v) is 12.9. The summed E-state index contributed by atoms with van der Waals surface area (Å²) in [6.07, 6.45) is 0.711. The molecule has 7 nitrogen and oxygen atoms in total. The van der Waals surface area contributed by atoms with Crippen molar-refractivity contribution in [1.82, 2.24) is 0 Å². The Hall–Kier alpha value is -3.75. The zero-order valence-electron chi connectivity index (χ0n) is 20.3. The molecule has 1 heterocycles. The molecule has 0 fully saturated rings. The number of nitrogens with zero attached hydrogens (tertiary/aromatic N) is 1. The summed E-state index contributed by atoms with van der Waals surface area (Å²) in [5.41, 5.74) is 1.37. The Morgan fingerprint density at radius 2 is 1.65 bits per heavy atom. The highest BCUT2D eigenvalue weighted by atomic mass is 35.5. The van der Waals surface area contributed by atoms with Crippen molar-refractivity contribution in [3.8, 4) is 5.75 Å². The van der Waals surface area contributed by atoms with Gasteiger partial charge in [-0.15, -0.1) is 0 Å². The molecule has 2 amide bonds. The van der Waals surface area contributed by atoms with Crippen molar-refractivity contribution in [2.45, 2.75) is 25.2 Å². The van der Waals surface area contributed by atoms with Crippen LogP contribution >= 0.6 is 23.4 Å². The average molecular weight is 537 g/mol. The summed E-state index contributed by atoms with van der Waals surface area (Å²) >= 11 is 7.19. The number of amides is 2. The van der Waals surface area contributed by atoms with Gasteiger partial charge in [0.25, 0.3) is 11.8 Å². The third-order valence-electron chi connectivity index (χ3n) is 5.32. The zero-order valence-corrected chi connectivity index (χ0v) is 21.9. The molecule has 1 aliphatic heterocycles. The highest BCUT2D eigenvalue weighted by Crippen LogP contribution is 2.39. The van der Waals surface area contributed by atoms with Crippen LogP contribution < -0.4 is 15.0 Å². The van der Waals surface area contributed by atoms with Crippen LogP contribution in [0.1, 0.15) is 30.6 Å². The van der Waals surface area contributed by atoms with Crippen LogP contribution in [-0.4, -0.2) is 31.0 Å². The van der Waals surface area contributed by atoms with Crippen molar-refractivity contribution in [2.75, 3.05) is 23.4 Å². The van der Waals surface area contributed by atoms with Gasteiger partial charge in [0.2, 0.25) is 0 Å². The smallest absolute Gasteiger partial charge is 0.338 e. The number of carbonyl (C=O) groups is 3. The van der Waals surface area contributed by atoms with Gasteiger partial charge in [-0.3, -0.25) is 9.59 Å². The van der Waals surface area contributed by atoms with Crippen molar-refractivity contribution < 1.29 is 23.9 Å². The number of carbonyl (C=O) groups excluding carboxylic acids is 3. The summed E-state index contributed by atoms with van der Waals surface area (Å²) in [6, 6.07) is 20.4. The molecule has 9 heteroatoms. The van der Waals surface area contributed by atoms with Gasteiger partial charge >= 0.3 is 5.97 Å². The van der Waals surface area contributed by atoms with Crippen LogP contribution in [0.3, 0.4) is 0 Å². The molecule has 0 bridgehead atoms. The molecule has 1 N–H and O–H groups in total. The van der Waals surface area contributed by atoms with Gasteiger partial charge < -0.3 is 14.8 Å². The second kappa shape index (κ2) is 12.0. The maximum atomic E-state index is 13.6. The van der Waals surface area contributed by atoms with E-state index in [1.807, 2.05) is 26.0 Å². The fraction of sp³-hybridized carbons (Fsp3) is 0.179. The van der Waals surface area contributed by atoms with E-state index >= 15 is 0 Å². The van der Waals surface area contributed by atoms with Crippen LogP contribution in [0.4, 0.5) is 11.4 Å². The van der Waals surface area contributed by atoms with Crippen molar-refractivity contribution in [1.29, 1.82) is 0 Å². The highest BCUT2D eigenvalue weighted by Gasteiger charge is 2.40. The standard InChI is InChI=1S/C28H25ClN2O5S/c1-3-17-36-28(34)18-9-13-20(14-10-18)31-26(32)24(30-22-7-5-6-8-23(22)35-4-2)25(27(31)33)37-21-15-11-19(29)12-16-21/h5-16,30H,3-4,17H2,1-2H3. The maximum Gasteiger partial charge on any atom is 0.338 e. The van der Waals surface area contributed by atoms with Crippen LogP contribution in [-0.2, 0) is 14.3 Å². The number of imide groups is 1. The summed E-state index contributed by atoms with van der Waals surface area (Å²) in [5, 5.41) is 3.70. The molecule has 0 radical (unpaired) electrons. The van der Waals surface area contributed by atoms with E-state index in [4.69, 9.17) is 21.1 Å². The van der Waals surface area contributed by atoms with Crippen LogP contribution in [0.25, 0.3) is 0 Å². The summed E-state index contributed by atoms with van der Waals surface area (Å²) in [7, 11) is 0. The lowest BCUT2D eigenvalue weighted by Crippen LogP contribution is -2.32. The molecule has 0 aliphatic carbocycles. The van der Waals surface area contributed by atoms with E-state index in [1.54, 1.807) is 48.5 Å². The minimum atomic E-state index is -0.519. The van der Waals surface area contributed by atoms with Crippen molar-refractivity contribution in [3.05, 3.63) is 94.0 Å². The summed E-state index contributed by atoms with van der Waals surface area (Å²) in [6.45, 7) is 4.53. The SMILES string of the molecule is CCCOC(=O)c1ccc(N2C(=O)C(Nc3ccccc3OCC)=C(Sc3ccc(Cl)cc3)C2=O)cc1. The first kappa shape index (κ1) is 26.3. The van der Waals surface area contributed by atoms with E-state index in [-0.39, 0.29) is 10.6 Å². The molecular weight excluding hydrogens is 512 g/mol. The van der Waals surface area contributed by atoms with E-state index in [2.05, 4.69) is 5.32 Å². The molecule has 0 aromatic heterocycles. The molecule has 37 heavy (non-hydrogen) atoms. The number of thioether (sulfide) groups is 1. The van der Waals surface area contributed by atoms with Crippen LogP contribution in [0.5, 0.6) is 5.75 Å². The molecular formula is C28H25ClN2O5S. The van der Waals surface area contributed by atoms with E-state index in [1.165, 1.54) is 23.9 Å². The summed E-state index contributed by atoms with van der Waals surface area (Å²) < 4.78 is 10.9. The summed E-state index contributed by atoms with van der Waals surface area (Å²) in [4.78, 5) is 41.5. The van der Waals surface area contributed by atoms with Crippen molar-refractivity contribution in [2.24, 2.45) is 0 Å². The lowest BCUT2D eigenvalue weighted by Gasteiger charge is -2.16. The Balaban J connectivity index is 1.68. The number of nitrogens with one attached hydrogen (secondary N) is 1. The lowest BCUT2D eigenvalue weighted by atomic mass is 10.2. The number of benzene rings is 3. The predicted octanol–water partition coefficient (Wildman–Crippen LogP) is 6.29. The topological polar surface area (TPSA) is 84.9 Å². The first-order valence-electron chi connectivity index (χ1n) is 11.8. The van der Waals surface area contributed by atoms with Crippen LogP contribution in [0.2, 0.25) is 5.02 Å². The number of para-hydroxylation sites is 2. The van der Waals surface area contributed by atoms with Crippen LogP contribution in [0.15, 0.2) is 88.3 Å². The zero-order chi connectivity index (χ0) is 26.4. The van der Waals surface area contributed by atoms with Crippen LogP contribution in [0, 0.1) is 0 Å². The minimum Gasteiger partial charge on any atom is -0.492 e. The van der Waals surface area contributed by atoms with E-state index < -0.39 is 17.8 Å². The van der Waals surface area contributed by atoms with Gasteiger partial charge in [0.1, 0.15) is 16.4 Å². The number of ether oxygens (including phenoxy) is 2. The van der Waals surface area contributed by atoms with Crippen molar-refractivity contribution in [3.63, 3.8) is 0 Å². The molecule has 0 spiro atoms. The van der Waals surface area contributed by atoms with E-state index in [0.717, 1.165) is 9.80 Å². The van der Waals surface area contributed by atoms with Gasteiger partial charge in [-0.1, -0.05) is 42.4 Å². The monoisotopic (exact) mass is 536 g/mol. The number of anilines is 2. The molecule has 0 saturated heterocycles. The molecule has 4 rings (SSSR count). The number of esters is 1. The Bertz CT molecular complexity index is 1340. The largest absolute Gasteiger partial charge is 0.492 e. The molecule has 3 aromatic rings. The number of rotatable bonds is 10. The van der Waals surface area contributed by atoms with E-state index in [9.17, 15) is 14.4 Å². The minimum absolute atomic E-state index is 0.128. The molecule has 190 valence electrons. The second-order valence-corrected chi connectivity index (χ2v) is 9.46. The Morgan fingerprint density at radius 1 is 0.946 bits per heavy atom. The molecule has 0 atom stereocenters. The third kappa shape index (κ3) is 5.98. The highest BCUT2D eigenvalue weighted by molar-refractivity contribution is 8.04. The fourth-order valence-electron chi connectivity index (χ4n) is 3.58. The van der Waals surface area contributed by atoms with Gasteiger partial charge in [-0.2, -0.15) is 0 Å². The predicted molar refractivity (Wildman–Crippen MR) is 145 cm³/mol. The number of hydrogen-bond acceptors (Lipinski definition) is 7. The third-order valence-corrected chi connectivity index (χ3v) is 6.66. The van der Waals surface area contributed by atoms with Gasteiger partial charge in [0, 0.05) is 9.92 Å². The summed E-state index contributed by atoms with van der Waals surface area (Å²) in [5.74, 6) is -0.904. The van der Waals surface area contributed by atoms with Crippen molar-refractivity contribution >= 4 is 52.5 Å². The molecule has 1 aliphatic rings. The fourth-order valence-corrected chi connectivity index (χ4v) is 4.63. The second-order valence-electron chi connectivity index (χ2n) is 7.94. The Labute approximate surface area is 224 Å². The molecule has 0 saturated carbocycles. The van der Waals surface area contributed by atoms with E-state index in [0.29, 0.717) is 47.3 Å². The first-order chi connectivity index (χ1) is 17.9. The van der Waals surface area contributed by atoms with Gasteiger partial charge in [-0.25, -0.2) is 9.69 Å². The number of halogens is 1. The normalized spacial score (nSPS) is 13.2. The lowest BCUT2D eigenvalue weighted by molar-refractivity contribution is -0.120. The Kier molecular flexibility index (Phi) is 8.53. The van der Waals surface area contributed by atoms with Gasteiger partial charge in [0.05, 0.1) is 30.2 Å². The maximum absolute atomic E-state index is 13.6. The van der Waals surface area contributed by atoms with Gasteiger partial charge in [-0.05, 0) is 74.0 Å². The molecule has 3 aromatic carbocycles. The quantitative estimate of drug-likeness (QED) is 0.240. The van der Waals surface area contributed by atoms with Gasteiger partial charge in [0.15, 0.2) is 0 Å².